The molecule has 1 amide bonds. The zero-order valence-electron chi connectivity index (χ0n) is 7.86. The van der Waals surface area contributed by atoms with E-state index in [0.29, 0.717) is 24.9 Å². The van der Waals surface area contributed by atoms with Crippen molar-refractivity contribution in [3.8, 4) is 0 Å². The van der Waals surface area contributed by atoms with Crippen LogP contribution in [0.1, 0.15) is 12.1 Å². The lowest BCUT2D eigenvalue weighted by Crippen LogP contribution is -2.24. The van der Waals surface area contributed by atoms with Crippen LogP contribution in [0.5, 0.6) is 0 Å². The van der Waals surface area contributed by atoms with E-state index in [2.05, 4.69) is 20.9 Å². The molecule has 1 aromatic rings. The fourth-order valence-corrected chi connectivity index (χ4v) is 1.97. The molecule has 1 unspecified atom stereocenters. The Morgan fingerprint density at radius 2 is 2.57 bits per heavy atom. The van der Waals surface area contributed by atoms with Gasteiger partial charge >= 0.3 is 6.01 Å². The topological polar surface area (TPSA) is 46.3 Å². The lowest BCUT2D eigenvalue weighted by atomic mass is 10.2. The van der Waals surface area contributed by atoms with Crippen LogP contribution in [-0.2, 0) is 4.79 Å². The first kappa shape index (κ1) is 9.71. The van der Waals surface area contributed by atoms with Gasteiger partial charge in [-0.3, -0.25) is 9.69 Å². The molecular weight excluding hydrogens is 248 g/mol. The molecule has 2 rings (SSSR count). The van der Waals surface area contributed by atoms with Gasteiger partial charge in [0.25, 0.3) is 0 Å². The first-order chi connectivity index (χ1) is 6.70. The zero-order valence-corrected chi connectivity index (χ0v) is 9.45. The molecule has 4 nitrogen and oxygen atoms in total. The summed E-state index contributed by atoms with van der Waals surface area (Å²) in [5.74, 6) is 0.464. The smallest absolute Gasteiger partial charge is 0.304 e. The monoisotopic (exact) mass is 258 g/mol. The van der Waals surface area contributed by atoms with Crippen LogP contribution in [0, 0.1) is 12.8 Å². The van der Waals surface area contributed by atoms with Gasteiger partial charge in [0.15, 0.2) is 0 Å². The highest BCUT2D eigenvalue weighted by Gasteiger charge is 2.32. The van der Waals surface area contributed by atoms with Crippen LogP contribution in [0.4, 0.5) is 6.01 Å². The number of nitrogens with zero attached hydrogens (tertiary/aromatic N) is 2. The molecule has 0 saturated carbocycles. The summed E-state index contributed by atoms with van der Waals surface area (Å²) in [7, 11) is 0. The maximum absolute atomic E-state index is 11.6. The summed E-state index contributed by atoms with van der Waals surface area (Å²) in [4.78, 5) is 17.3. The van der Waals surface area contributed by atoms with E-state index in [1.807, 2.05) is 6.92 Å². The van der Waals surface area contributed by atoms with Crippen molar-refractivity contribution < 1.29 is 9.21 Å². The average Bonchev–Trinajstić information content (AvgIpc) is 2.71. The van der Waals surface area contributed by atoms with Crippen molar-refractivity contribution in [2.75, 3.05) is 16.8 Å². The predicted molar refractivity (Wildman–Crippen MR) is 55.5 cm³/mol. The Kier molecular flexibility index (Phi) is 2.58. The molecule has 76 valence electrons. The van der Waals surface area contributed by atoms with Crippen LogP contribution in [-0.4, -0.2) is 22.8 Å². The van der Waals surface area contributed by atoms with Crippen molar-refractivity contribution in [1.82, 2.24) is 4.98 Å². The van der Waals surface area contributed by atoms with E-state index in [0.717, 1.165) is 11.0 Å². The second kappa shape index (κ2) is 3.73. The van der Waals surface area contributed by atoms with Gasteiger partial charge in [-0.25, -0.2) is 0 Å². The quantitative estimate of drug-likeness (QED) is 0.760. The van der Waals surface area contributed by atoms with E-state index < -0.39 is 0 Å². The Morgan fingerprint density at radius 1 is 1.79 bits per heavy atom. The second-order valence-corrected chi connectivity index (χ2v) is 4.15. The van der Waals surface area contributed by atoms with Crippen molar-refractivity contribution in [3.63, 3.8) is 0 Å². The molecule has 1 atom stereocenters. The van der Waals surface area contributed by atoms with Crippen molar-refractivity contribution in [2.24, 2.45) is 5.92 Å². The van der Waals surface area contributed by atoms with Crippen molar-refractivity contribution in [2.45, 2.75) is 13.3 Å². The van der Waals surface area contributed by atoms with Gasteiger partial charge in [0, 0.05) is 18.3 Å². The van der Waals surface area contributed by atoms with Gasteiger partial charge in [-0.15, -0.1) is 0 Å². The van der Waals surface area contributed by atoms with Crippen LogP contribution < -0.4 is 4.90 Å². The first-order valence-electron chi connectivity index (χ1n) is 4.49. The number of oxazole rings is 1. The molecular formula is C9H11BrN2O2. The van der Waals surface area contributed by atoms with Crippen LogP contribution >= 0.6 is 15.9 Å². The summed E-state index contributed by atoms with van der Waals surface area (Å²) >= 11 is 3.38. The number of amides is 1. The minimum Gasteiger partial charge on any atom is -0.431 e. The summed E-state index contributed by atoms with van der Waals surface area (Å²) in [5, 5.41) is 0.842. The number of hydrogen-bond acceptors (Lipinski definition) is 3. The van der Waals surface area contributed by atoms with Gasteiger partial charge in [-0.05, 0) is 12.8 Å². The van der Waals surface area contributed by atoms with E-state index in [-0.39, 0.29) is 5.91 Å². The lowest BCUT2D eigenvalue weighted by molar-refractivity contribution is -0.117. The number of carbonyl (C=O) groups is 1. The second-order valence-electron chi connectivity index (χ2n) is 3.50. The Bertz CT molecular complexity index is 350. The minimum atomic E-state index is 0.0938. The Balaban J connectivity index is 2.16. The van der Waals surface area contributed by atoms with Gasteiger partial charge in [0.05, 0.1) is 5.69 Å². The Morgan fingerprint density at radius 3 is 3.07 bits per heavy atom. The summed E-state index contributed by atoms with van der Waals surface area (Å²) in [6, 6.07) is 0.427. The maximum Gasteiger partial charge on any atom is 0.304 e. The standard InChI is InChI=1S/C9H11BrN2O2/c1-6-5-14-9(11-6)12-4-7(3-10)2-8(12)13/h5,7H,2-4H2,1H3. The zero-order chi connectivity index (χ0) is 10.1. The molecule has 0 radical (unpaired) electrons. The van der Waals surface area contributed by atoms with Crippen molar-refractivity contribution in [3.05, 3.63) is 12.0 Å². The Labute approximate surface area is 90.4 Å². The summed E-state index contributed by atoms with van der Waals surface area (Å²) in [6.45, 7) is 2.54. The molecule has 1 aromatic heterocycles. The lowest BCUT2D eigenvalue weighted by Gasteiger charge is -2.10. The number of anilines is 1. The molecule has 1 saturated heterocycles. The van der Waals surface area contributed by atoms with Gasteiger partial charge in [-0.2, -0.15) is 4.98 Å². The number of hydrogen-bond donors (Lipinski definition) is 0. The normalized spacial score (nSPS) is 22.0. The fraction of sp³-hybridized carbons (Fsp3) is 0.556. The number of alkyl halides is 1. The minimum absolute atomic E-state index is 0.0938. The number of aryl methyl sites for hydroxylation is 1. The maximum atomic E-state index is 11.6. The highest BCUT2D eigenvalue weighted by molar-refractivity contribution is 9.09. The molecule has 0 spiro atoms. The third-order valence-electron chi connectivity index (χ3n) is 2.26. The highest BCUT2D eigenvalue weighted by atomic mass is 79.9. The van der Waals surface area contributed by atoms with E-state index >= 15 is 0 Å². The van der Waals surface area contributed by atoms with Gasteiger partial charge < -0.3 is 4.42 Å². The molecule has 0 N–H and O–H groups in total. The van der Waals surface area contributed by atoms with Crippen molar-refractivity contribution in [1.29, 1.82) is 0 Å². The average molecular weight is 259 g/mol. The van der Waals surface area contributed by atoms with Crippen LogP contribution in [0.15, 0.2) is 10.7 Å². The summed E-state index contributed by atoms with van der Waals surface area (Å²) in [6.07, 6.45) is 2.14. The largest absolute Gasteiger partial charge is 0.431 e. The molecule has 14 heavy (non-hydrogen) atoms. The van der Waals surface area contributed by atoms with Crippen molar-refractivity contribution >= 4 is 27.9 Å². The SMILES string of the molecule is Cc1coc(N2CC(CBr)CC2=O)n1. The molecule has 0 aromatic carbocycles. The number of carbonyl (C=O) groups excluding carboxylic acids is 1. The number of halogens is 1. The van der Waals surface area contributed by atoms with Gasteiger partial charge in [0.1, 0.15) is 6.26 Å². The molecule has 0 bridgehead atoms. The third kappa shape index (κ3) is 1.68. The third-order valence-corrected chi connectivity index (χ3v) is 3.18. The molecule has 5 heteroatoms. The number of rotatable bonds is 2. The van der Waals surface area contributed by atoms with Crippen LogP contribution in [0.2, 0.25) is 0 Å². The predicted octanol–water partition coefficient (Wildman–Crippen LogP) is 1.73. The fourth-order valence-electron chi connectivity index (χ4n) is 1.54. The van der Waals surface area contributed by atoms with E-state index in [9.17, 15) is 4.79 Å². The summed E-state index contributed by atoms with van der Waals surface area (Å²) in [5.41, 5.74) is 0.801. The Hall–Kier alpha value is -0.840. The van der Waals surface area contributed by atoms with E-state index in [4.69, 9.17) is 4.42 Å². The summed E-state index contributed by atoms with van der Waals surface area (Å²) < 4.78 is 5.19. The molecule has 1 aliphatic heterocycles. The van der Waals surface area contributed by atoms with E-state index in [1.54, 1.807) is 11.2 Å². The number of aromatic nitrogens is 1. The molecule has 1 aliphatic rings. The highest BCUT2D eigenvalue weighted by Crippen LogP contribution is 2.25. The molecule has 2 heterocycles. The van der Waals surface area contributed by atoms with Gasteiger partial charge in [-0.1, -0.05) is 15.9 Å². The van der Waals surface area contributed by atoms with E-state index in [1.165, 1.54) is 0 Å². The first-order valence-corrected chi connectivity index (χ1v) is 5.61. The molecule has 1 fully saturated rings. The van der Waals surface area contributed by atoms with Crippen LogP contribution in [0.25, 0.3) is 0 Å². The van der Waals surface area contributed by atoms with Gasteiger partial charge in [0.2, 0.25) is 5.91 Å². The van der Waals surface area contributed by atoms with Crippen LogP contribution in [0.3, 0.4) is 0 Å². The molecule has 0 aliphatic carbocycles.